The van der Waals surface area contributed by atoms with Crippen LogP contribution in [-0.4, -0.2) is 21.8 Å². The Hall–Kier alpha value is -2.96. The van der Waals surface area contributed by atoms with Gasteiger partial charge >= 0.3 is 5.91 Å². The summed E-state index contributed by atoms with van der Waals surface area (Å²) in [5.74, 6) is -1.34. The standard InChI is InChI=1S/C23H19ClN2O3S/c1-13(2)14-3-5-15(6-4-14)19-18(20(27)16-7-9-17(24)10-8-16)21(28)22(29)26(19)23-25-11-12-30-23/h3-13,19,27H,1-2H3/t19-/m0/s1. The number of nitrogens with zero attached hydrogens (tertiary/aromatic N) is 2. The Morgan fingerprint density at radius 3 is 2.33 bits per heavy atom. The van der Waals surface area contributed by atoms with E-state index in [0.717, 1.165) is 11.1 Å². The molecule has 1 aliphatic heterocycles. The molecule has 5 nitrogen and oxygen atoms in total. The predicted molar refractivity (Wildman–Crippen MR) is 119 cm³/mol. The maximum atomic E-state index is 13.0. The number of benzene rings is 2. The van der Waals surface area contributed by atoms with Gasteiger partial charge in [0.1, 0.15) is 5.76 Å². The molecule has 2 aromatic carbocycles. The van der Waals surface area contributed by atoms with Gasteiger partial charge in [-0.15, -0.1) is 11.3 Å². The van der Waals surface area contributed by atoms with Crippen LogP contribution in [0.1, 0.15) is 42.5 Å². The molecule has 1 amide bonds. The summed E-state index contributed by atoms with van der Waals surface area (Å²) in [4.78, 5) is 31.5. The normalized spacial score (nSPS) is 18.4. The second-order valence-electron chi connectivity index (χ2n) is 7.31. The van der Waals surface area contributed by atoms with Crippen molar-refractivity contribution < 1.29 is 14.7 Å². The number of aliphatic hydroxyl groups excluding tert-OH is 1. The van der Waals surface area contributed by atoms with Crippen molar-refractivity contribution in [3.63, 3.8) is 0 Å². The molecule has 1 atom stereocenters. The molecule has 0 saturated carbocycles. The van der Waals surface area contributed by atoms with Crippen molar-refractivity contribution in [2.45, 2.75) is 25.8 Å². The van der Waals surface area contributed by atoms with E-state index in [0.29, 0.717) is 21.6 Å². The third-order valence-electron chi connectivity index (χ3n) is 5.11. The zero-order chi connectivity index (χ0) is 21.4. The van der Waals surface area contributed by atoms with Crippen LogP contribution in [0.25, 0.3) is 5.76 Å². The number of hydrogen-bond acceptors (Lipinski definition) is 5. The summed E-state index contributed by atoms with van der Waals surface area (Å²) in [5.41, 5.74) is 2.32. The molecule has 1 aromatic heterocycles. The Bertz CT molecular complexity index is 1120. The van der Waals surface area contributed by atoms with Crippen molar-refractivity contribution >= 4 is 45.5 Å². The fourth-order valence-corrected chi connectivity index (χ4v) is 4.30. The number of amides is 1. The SMILES string of the molecule is CC(C)c1ccc([C@H]2C(=C(O)c3ccc(Cl)cc3)C(=O)C(=O)N2c2nccs2)cc1. The van der Waals surface area contributed by atoms with Crippen LogP contribution in [-0.2, 0) is 9.59 Å². The summed E-state index contributed by atoms with van der Waals surface area (Å²) in [6, 6.07) is 13.5. The number of carbonyl (C=O) groups excluding carboxylic acids is 2. The lowest BCUT2D eigenvalue weighted by atomic mass is 9.93. The first-order chi connectivity index (χ1) is 14.4. The van der Waals surface area contributed by atoms with Crippen molar-refractivity contribution in [2.75, 3.05) is 4.90 Å². The van der Waals surface area contributed by atoms with Crippen LogP contribution in [0.2, 0.25) is 5.02 Å². The molecule has 1 saturated heterocycles. The van der Waals surface area contributed by atoms with Gasteiger partial charge in [0.05, 0.1) is 11.6 Å². The predicted octanol–water partition coefficient (Wildman–Crippen LogP) is 5.55. The summed E-state index contributed by atoms with van der Waals surface area (Å²) in [5, 5.41) is 13.7. The number of hydrogen-bond donors (Lipinski definition) is 1. The zero-order valence-electron chi connectivity index (χ0n) is 16.4. The van der Waals surface area contributed by atoms with Crippen LogP contribution in [0.3, 0.4) is 0 Å². The number of Topliss-reactive ketones (excluding diaryl/α,β-unsaturated/α-hetero) is 1. The van der Waals surface area contributed by atoms with Crippen LogP contribution >= 0.6 is 22.9 Å². The molecule has 4 rings (SSSR count). The smallest absolute Gasteiger partial charge is 0.301 e. The van der Waals surface area contributed by atoms with Crippen LogP contribution in [0, 0.1) is 0 Å². The molecule has 0 radical (unpaired) electrons. The summed E-state index contributed by atoms with van der Waals surface area (Å²) in [6.45, 7) is 4.19. The zero-order valence-corrected chi connectivity index (χ0v) is 17.9. The van der Waals surface area contributed by atoms with E-state index < -0.39 is 17.7 Å². The number of aromatic nitrogens is 1. The van der Waals surface area contributed by atoms with E-state index in [2.05, 4.69) is 18.8 Å². The molecule has 0 bridgehead atoms. The number of carbonyl (C=O) groups is 2. The monoisotopic (exact) mass is 438 g/mol. The van der Waals surface area contributed by atoms with Crippen molar-refractivity contribution in [3.05, 3.63) is 87.4 Å². The molecule has 30 heavy (non-hydrogen) atoms. The van der Waals surface area contributed by atoms with E-state index in [1.165, 1.54) is 16.2 Å². The number of anilines is 1. The molecule has 0 spiro atoms. The van der Waals surface area contributed by atoms with Gasteiger partial charge in [0.25, 0.3) is 5.78 Å². The Kier molecular flexibility index (Phi) is 5.45. The molecule has 0 aliphatic carbocycles. The number of ketones is 1. The molecule has 0 unspecified atom stereocenters. The summed E-state index contributed by atoms with van der Waals surface area (Å²) in [6.07, 6.45) is 1.58. The fourth-order valence-electron chi connectivity index (χ4n) is 3.51. The van der Waals surface area contributed by atoms with E-state index in [9.17, 15) is 14.7 Å². The molecule has 3 aromatic rings. The number of aliphatic hydroxyl groups is 1. The van der Waals surface area contributed by atoms with Crippen LogP contribution < -0.4 is 4.90 Å². The fraction of sp³-hybridized carbons (Fsp3) is 0.174. The molecule has 152 valence electrons. The highest BCUT2D eigenvalue weighted by Crippen LogP contribution is 2.42. The number of halogens is 1. The summed E-state index contributed by atoms with van der Waals surface area (Å²) in [7, 11) is 0. The van der Waals surface area contributed by atoms with Gasteiger partial charge in [-0.25, -0.2) is 4.98 Å². The first-order valence-corrected chi connectivity index (χ1v) is 10.7. The van der Waals surface area contributed by atoms with Crippen LogP contribution in [0.5, 0.6) is 0 Å². The minimum absolute atomic E-state index is 0.0369. The van der Waals surface area contributed by atoms with Gasteiger partial charge in [-0.2, -0.15) is 0 Å². The van der Waals surface area contributed by atoms with E-state index >= 15 is 0 Å². The quantitative estimate of drug-likeness (QED) is 0.329. The second kappa shape index (κ2) is 8.05. The summed E-state index contributed by atoms with van der Waals surface area (Å²) < 4.78 is 0. The molecule has 7 heteroatoms. The minimum atomic E-state index is -0.770. The molecule has 1 aliphatic rings. The van der Waals surface area contributed by atoms with Gasteiger partial charge in [0.2, 0.25) is 0 Å². The largest absolute Gasteiger partial charge is 0.507 e. The van der Waals surface area contributed by atoms with Crippen molar-refractivity contribution in [2.24, 2.45) is 0 Å². The van der Waals surface area contributed by atoms with Gasteiger partial charge < -0.3 is 5.11 Å². The van der Waals surface area contributed by atoms with Crippen molar-refractivity contribution in [3.8, 4) is 0 Å². The first-order valence-electron chi connectivity index (χ1n) is 9.44. The second-order valence-corrected chi connectivity index (χ2v) is 8.62. The number of thiazole rings is 1. The lowest BCUT2D eigenvalue weighted by Gasteiger charge is -2.23. The van der Waals surface area contributed by atoms with E-state index in [1.54, 1.807) is 35.8 Å². The lowest BCUT2D eigenvalue weighted by Crippen LogP contribution is -2.29. The maximum absolute atomic E-state index is 13.0. The lowest BCUT2D eigenvalue weighted by molar-refractivity contribution is -0.132. The highest BCUT2D eigenvalue weighted by molar-refractivity contribution is 7.14. The van der Waals surface area contributed by atoms with E-state index in [4.69, 9.17) is 11.6 Å². The first kappa shape index (κ1) is 20.3. The van der Waals surface area contributed by atoms with E-state index in [1.807, 2.05) is 24.3 Å². The molecule has 1 fully saturated rings. The highest BCUT2D eigenvalue weighted by Gasteiger charge is 2.47. The topological polar surface area (TPSA) is 70.5 Å². The molecular weight excluding hydrogens is 420 g/mol. The number of rotatable bonds is 4. The van der Waals surface area contributed by atoms with Gasteiger partial charge in [0.15, 0.2) is 5.13 Å². The van der Waals surface area contributed by atoms with Gasteiger partial charge in [0, 0.05) is 22.2 Å². The van der Waals surface area contributed by atoms with Gasteiger partial charge in [-0.05, 0) is 41.3 Å². The maximum Gasteiger partial charge on any atom is 0.301 e. The highest BCUT2D eigenvalue weighted by atomic mass is 35.5. The minimum Gasteiger partial charge on any atom is -0.507 e. The van der Waals surface area contributed by atoms with Crippen molar-refractivity contribution in [1.82, 2.24) is 4.98 Å². The molecular formula is C23H19ClN2O3S. The van der Waals surface area contributed by atoms with Gasteiger partial charge in [-0.1, -0.05) is 49.7 Å². The van der Waals surface area contributed by atoms with Gasteiger partial charge in [-0.3, -0.25) is 14.5 Å². The Labute approximate surface area is 183 Å². The van der Waals surface area contributed by atoms with Crippen molar-refractivity contribution in [1.29, 1.82) is 0 Å². The third kappa shape index (κ3) is 3.53. The Morgan fingerprint density at radius 2 is 1.77 bits per heavy atom. The van der Waals surface area contributed by atoms with E-state index in [-0.39, 0.29) is 11.3 Å². The average molecular weight is 439 g/mol. The average Bonchev–Trinajstić information content (AvgIpc) is 3.35. The third-order valence-corrected chi connectivity index (χ3v) is 6.13. The van der Waals surface area contributed by atoms with Crippen LogP contribution in [0.15, 0.2) is 65.7 Å². The van der Waals surface area contributed by atoms with Crippen LogP contribution in [0.4, 0.5) is 5.13 Å². The Morgan fingerprint density at radius 1 is 1.10 bits per heavy atom. The molecule has 1 N–H and O–H groups in total. The Balaban J connectivity index is 1.90. The molecule has 2 heterocycles. The summed E-state index contributed by atoms with van der Waals surface area (Å²) >= 11 is 7.21.